The zero-order valence-electron chi connectivity index (χ0n) is 29.4. The van der Waals surface area contributed by atoms with Gasteiger partial charge in [0.15, 0.2) is 0 Å². The van der Waals surface area contributed by atoms with Crippen LogP contribution in [-0.2, 0) is 0 Å². The first-order valence-electron chi connectivity index (χ1n) is 18.5. The first kappa shape index (κ1) is 30.5. The molecule has 0 aliphatic carbocycles. The Kier molecular flexibility index (Phi) is 6.90. The molecule has 1 aromatic heterocycles. The fourth-order valence-corrected chi connectivity index (χ4v) is 8.38. The van der Waals surface area contributed by atoms with Crippen LogP contribution < -0.4 is 4.90 Å². The summed E-state index contributed by atoms with van der Waals surface area (Å²) in [5, 5.41) is 12.3. The Bertz CT molecular complexity index is 3210. The van der Waals surface area contributed by atoms with Crippen LogP contribution >= 0.6 is 0 Å². The van der Waals surface area contributed by atoms with Gasteiger partial charge in [-0.2, -0.15) is 0 Å². The summed E-state index contributed by atoms with van der Waals surface area (Å²) in [4.78, 5) is 2.36. The lowest BCUT2D eigenvalue weighted by atomic mass is 9.94. The number of rotatable bonds is 5. The molecule has 0 saturated heterocycles. The molecule has 11 aromatic rings. The van der Waals surface area contributed by atoms with Crippen LogP contribution in [0.3, 0.4) is 0 Å². The van der Waals surface area contributed by atoms with Gasteiger partial charge in [-0.25, -0.2) is 0 Å². The fourth-order valence-electron chi connectivity index (χ4n) is 8.38. The normalized spacial score (nSPS) is 11.7. The molecule has 0 amide bonds. The van der Waals surface area contributed by atoms with Gasteiger partial charge in [0, 0.05) is 27.8 Å². The van der Waals surface area contributed by atoms with E-state index in [0.29, 0.717) is 0 Å². The Hall–Kier alpha value is -7.16. The van der Waals surface area contributed by atoms with Crippen molar-refractivity contribution in [3.63, 3.8) is 0 Å². The number of benzene rings is 10. The lowest BCUT2D eigenvalue weighted by Gasteiger charge is -2.26. The molecular formula is C52H33NO. The molecule has 2 nitrogen and oxygen atoms in total. The maximum absolute atomic E-state index is 6.41. The van der Waals surface area contributed by atoms with Gasteiger partial charge in [0.2, 0.25) is 0 Å². The van der Waals surface area contributed by atoms with E-state index in [1.807, 2.05) is 0 Å². The molecule has 0 unspecified atom stereocenters. The highest BCUT2D eigenvalue weighted by Gasteiger charge is 2.18. The lowest BCUT2D eigenvalue weighted by molar-refractivity contribution is 0.669. The van der Waals surface area contributed by atoms with Crippen molar-refractivity contribution < 1.29 is 4.42 Å². The van der Waals surface area contributed by atoms with Gasteiger partial charge in [-0.05, 0) is 120 Å². The Balaban J connectivity index is 1.07. The summed E-state index contributed by atoms with van der Waals surface area (Å²) in [6.45, 7) is 0. The highest BCUT2D eigenvalue weighted by atomic mass is 16.3. The molecule has 1 heterocycles. The van der Waals surface area contributed by atoms with Crippen molar-refractivity contribution in [3.05, 3.63) is 200 Å². The molecule has 0 aliphatic rings. The first-order valence-corrected chi connectivity index (χ1v) is 18.5. The molecule has 10 aromatic carbocycles. The summed E-state index contributed by atoms with van der Waals surface area (Å²) in [5.74, 6) is 0. The van der Waals surface area contributed by atoms with Crippen LogP contribution in [0.25, 0.3) is 87.3 Å². The molecule has 2 heteroatoms. The summed E-state index contributed by atoms with van der Waals surface area (Å²) in [5.41, 5.74) is 9.77. The second-order valence-electron chi connectivity index (χ2n) is 14.1. The van der Waals surface area contributed by atoms with Gasteiger partial charge in [-0.1, -0.05) is 146 Å². The quantitative estimate of drug-likeness (QED) is 0.168. The number of nitrogens with zero attached hydrogens (tertiary/aromatic N) is 1. The predicted octanol–water partition coefficient (Wildman–Crippen LogP) is 15.0. The molecule has 0 saturated carbocycles. The summed E-state index contributed by atoms with van der Waals surface area (Å²) in [6.07, 6.45) is 0. The van der Waals surface area contributed by atoms with Gasteiger partial charge >= 0.3 is 0 Å². The third kappa shape index (κ3) is 4.96. The number of hydrogen-bond acceptors (Lipinski definition) is 2. The van der Waals surface area contributed by atoms with Gasteiger partial charge in [0.25, 0.3) is 0 Å². The van der Waals surface area contributed by atoms with Crippen molar-refractivity contribution in [2.45, 2.75) is 0 Å². The Morgan fingerprint density at radius 2 is 0.815 bits per heavy atom. The molecule has 0 radical (unpaired) electrons. The van der Waals surface area contributed by atoms with E-state index in [1.165, 1.54) is 65.3 Å². The van der Waals surface area contributed by atoms with Gasteiger partial charge in [0.1, 0.15) is 11.2 Å². The monoisotopic (exact) mass is 687 g/mol. The van der Waals surface area contributed by atoms with E-state index >= 15 is 0 Å². The smallest absolute Gasteiger partial charge is 0.136 e. The molecule has 0 N–H and O–H groups in total. The number of hydrogen-bond donors (Lipinski definition) is 0. The molecule has 0 aliphatic heterocycles. The van der Waals surface area contributed by atoms with Gasteiger partial charge < -0.3 is 9.32 Å². The van der Waals surface area contributed by atoms with E-state index in [2.05, 4.69) is 205 Å². The van der Waals surface area contributed by atoms with Gasteiger partial charge in [0.05, 0.1) is 0 Å². The van der Waals surface area contributed by atoms with Crippen LogP contribution in [0.1, 0.15) is 0 Å². The highest BCUT2D eigenvalue weighted by molar-refractivity contribution is 6.21. The standard InChI is InChI=1S/C52H33NO/c1-2-9-34(10-3-1)40-13-8-14-43(31-40)53(44-28-30-49-48(33-44)52-46-16-7-5-12-37(46)25-29-50(52)54-49)42-26-23-35(24-27-42)41-22-19-38-18-21-39-20-17-36-11-4-6-15-45(36)51(39)47(38)32-41/h1-33H. The fraction of sp³-hybridized carbons (Fsp3) is 0. The predicted molar refractivity (Wildman–Crippen MR) is 229 cm³/mol. The Morgan fingerprint density at radius 3 is 1.61 bits per heavy atom. The summed E-state index contributed by atoms with van der Waals surface area (Å²) in [6, 6.07) is 72.3. The highest BCUT2D eigenvalue weighted by Crippen LogP contribution is 2.42. The van der Waals surface area contributed by atoms with E-state index in [0.717, 1.165) is 39.0 Å². The van der Waals surface area contributed by atoms with E-state index < -0.39 is 0 Å². The van der Waals surface area contributed by atoms with Gasteiger partial charge in [-0.15, -0.1) is 0 Å². The van der Waals surface area contributed by atoms with E-state index in [4.69, 9.17) is 4.42 Å². The van der Waals surface area contributed by atoms with Crippen molar-refractivity contribution in [2.75, 3.05) is 4.90 Å². The van der Waals surface area contributed by atoms with Crippen molar-refractivity contribution in [1.29, 1.82) is 0 Å². The molecule has 0 fully saturated rings. The SMILES string of the molecule is c1ccc(-c2cccc(N(c3ccc(-c4ccc5ccc6ccc7ccccc7c6c5c4)cc3)c3ccc4oc5ccc6ccccc6c5c4c3)c2)cc1. The molecule has 54 heavy (non-hydrogen) atoms. The number of anilines is 3. The maximum Gasteiger partial charge on any atom is 0.136 e. The van der Waals surface area contributed by atoms with Gasteiger partial charge in [-0.3, -0.25) is 0 Å². The van der Waals surface area contributed by atoms with E-state index in [-0.39, 0.29) is 0 Å². The second kappa shape index (κ2) is 12.2. The summed E-state index contributed by atoms with van der Waals surface area (Å²) < 4.78 is 6.41. The number of fused-ring (bicyclic) bond motifs is 10. The van der Waals surface area contributed by atoms with Crippen LogP contribution in [0.2, 0.25) is 0 Å². The Morgan fingerprint density at radius 1 is 0.278 bits per heavy atom. The molecule has 252 valence electrons. The summed E-state index contributed by atoms with van der Waals surface area (Å²) in [7, 11) is 0. The van der Waals surface area contributed by atoms with Crippen LogP contribution in [0.5, 0.6) is 0 Å². The zero-order valence-corrected chi connectivity index (χ0v) is 29.4. The number of furan rings is 1. The van der Waals surface area contributed by atoms with Crippen molar-refractivity contribution in [1.82, 2.24) is 0 Å². The van der Waals surface area contributed by atoms with Crippen LogP contribution in [-0.4, -0.2) is 0 Å². The van der Waals surface area contributed by atoms with Crippen molar-refractivity contribution in [2.24, 2.45) is 0 Å². The maximum atomic E-state index is 6.41. The minimum atomic E-state index is 0.884. The van der Waals surface area contributed by atoms with E-state index in [1.54, 1.807) is 0 Å². The second-order valence-corrected chi connectivity index (χ2v) is 14.1. The third-order valence-electron chi connectivity index (χ3n) is 11.0. The van der Waals surface area contributed by atoms with Crippen LogP contribution in [0, 0.1) is 0 Å². The average Bonchev–Trinajstić information content (AvgIpc) is 3.63. The minimum absolute atomic E-state index is 0.884. The van der Waals surface area contributed by atoms with Crippen LogP contribution in [0.15, 0.2) is 205 Å². The molecular weight excluding hydrogens is 655 g/mol. The third-order valence-corrected chi connectivity index (χ3v) is 11.0. The topological polar surface area (TPSA) is 16.4 Å². The Labute approximate surface area is 312 Å². The molecule has 0 bridgehead atoms. The minimum Gasteiger partial charge on any atom is -0.456 e. The van der Waals surface area contributed by atoms with Crippen molar-refractivity contribution >= 4 is 82.1 Å². The first-order chi connectivity index (χ1) is 26.7. The molecule has 0 atom stereocenters. The largest absolute Gasteiger partial charge is 0.456 e. The van der Waals surface area contributed by atoms with E-state index in [9.17, 15) is 0 Å². The molecule has 0 spiro atoms. The zero-order chi connectivity index (χ0) is 35.6. The molecule has 11 rings (SSSR count). The lowest BCUT2D eigenvalue weighted by Crippen LogP contribution is -2.10. The van der Waals surface area contributed by atoms with Crippen molar-refractivity contribution in [3.8, 4) is 22.3 Å². The van der Waals surface area contributed by atoms with Crippen LogP contribution in [0.4, 0.5) is 17.1 Å². The summed E-state index contributed by atoms with van der Waals surface area (Å²) >= 11 is 0. The average molecular weight is 688 g/mol.